The van der Waals surface area contributed by atoms with Crippen LogP contribution in [0, 0.1) is 0 Å². The third-order valence-electron chi connectivity index (χ3n) is 2.69. The van der Waals surface area contributed by atoms with Crippen LogP contribution in [0.4, 0.5) is 5.95 Å². The van der Waals surface area contributed by atoms with Crippen molar-refractivity contribution in [2.45, 2.75) is 25.8 Å². The molecule has 6 nitrogen and oxygen atoms in total. The number of rotatable bonds is 6. The van der Waals surface area contributed by atoms with Crippen LogP contribution in [0.2, 0.25) is 0 Å². The second kappa shape index (κ2) is 6.11. The van der Waals surface area contributed by atoms with Crippen LogP contribution in [-0.2, 0) is 0 Å². The van der Waals surface area contributed by atoms with Crippen LogP contribution < -0.4 is 11.1 Å². The first-order valence-corrected chi connectivity index (χ1v) is 6.11. The van der Waals surface area contributed by atoms with Crippen molar-refractivity contribution in [2.24, 2.45) is 5.73 Å². The lowest BCUT2D eigenvalue weighted by atomic mass is 10.2. The number of anilines is 1. The van der Waals surface area contributed by atoms with Gasteiger partial charge in [0.1, 0.15) is 0 Å². The van der Waals surface area contributed by atoms with Crippen LogP contribution in [0.15, 0.2) is 30.3 Å². The Morgan fingerprint density at radius 1 is 1.33 bits per heavy atom. The smallest absolute Gasteiger partial charge is 0.247 e. The van der Waals surface area contributed by atoms with E-state index < -0.39 is 0 Å². The molecule has 2 rings (SSSR count). The van der Waals surface area contributed by atoms with Crippen LogP contribution in [0.1, 0.15) is 19.8 Å². The topological polar surface area (TPSA) is 81.7 Å². The first-order chi connectivity index (χ1) is 8.81. The van der Waals surface area contributed by atoms with E-state index in [1.54, 1.807) is 4.68 Å². The minimum Gasteiger partial charge on any atom is -0.350 e. The number of aromatic nitrogens is 4. The fourth-order valence-corrected chi connectivity index (χ4v) is 1.74. The Morgan fingerprint density at radius 2 is 2.11 bits per heavy atom. The summed E-state index contributed by atoms with van der Waals surface area (Å²) in [4.78, 5) is 0. The Hall–Kier alpha value is -1.95. The van der Waals surface area contributed by atoms with Gasteiger partial charge in [-0.2, -0.15) is 4.68 Å². The van der Waals surface area contributed by atoms with Crippen molar-refractivity contribution in [3.8, 4) is 5.69 Å². The quantitative estimate of drug-likeness (QED) is 0.800. The molecule has 1 aromatic heterocycles. The third kappa shape index (κ3) is 3.04. The van der Waals surface area contributed by atoms with Gasteiger partial charge in [-0.25, -0.2) is 0 Å². The first kappa shape index (κ1) is 12.5. The zero-order valence-electron chi connectivity index (χ0n) is 10.5. The monoisotopic (exact) mass is 246 g/mol. The maximum atomic E-state index is 5.50. The summed E-state index contributed by atoms with van der Waals surface area (Å²) in [6, 6.07) is 10.1. The number of benzene rings is 1. The second-order valence-corrected chi connectivity index (χ2v) is 4.23. The predicted octanol–water partition coefficient (Wildman–Crippen LogP) is 1.20. The molecule has 1 unspecified atom stereocenters. The fraction of sp³-hybridized carbons (Fsp3) is 0.417. The molecule has 1 heterocycles. The van der Waals surface area contributed by atoms with Gasteiger partial charge in [0.25, 0.3) is 0 Å². The maximum Gasteiger partial charge on any atom is 0.247 e. The zero-order chi connectivity index (χ0) is 12.8. The van der Waals surface area contributed by atoms with E-state index in [2.05, 4.69) is 27.8 Å². The minimum atomic E-state index is 0.294. The Kier molecular flexibility index (Phi) is 4.25. The molecule has 96 valence electrons. The summed E-state index contributed by atoms with van der Waals surface area (Å²) in [6.45, 7) is 2.80. The molecule has 0 aliphatic carbocycles. The molecule has 2 aromatic rings. The molecule has 0 saturated heterocycles. The van der Waals surface area contributed by atoms with E-state index in [1.807, 2.05) is 30.3 Å². The highest BCUT2D eigenvalue weighted by atomic mass is 15.6. The summed E-state index contributed by atoms with van der Waals surface area (Å²) >= 11 is 0. The molecule has 18 heavy (non-hydrogen) atoms. The number of tetrazole rings is 1. The van der Waals surface area contributed by atoms with E-state index in [9.17, 15) is 0 Å². The van der Waals surface area contributed by atoms with E-state index in [1.165, 1.54) is 0 Å². The van der Waals surface area contributed by atoms with Crippen molar-refractivity contribution < 1.29 is 0 Å². The summed E-state index contributed by atoms with van der Waals surface area (Å²) in [7, 11) is 0. The Bertz CT molecular complexity index is 466. The zero-order valence-corrected chi connectivity index (χ0v) is 10.5. The van der Waals surface area contributed by atoms with Gasteiger partial charge in [-0.1, -0.05) is 23.3 Å². The third-order valence-corrected chi connectivity index (χ3v) is 2.69. The molecule has 0 fully saturated rings. The number of hydrogen-bond acceptors (Lipinski definition) is 5. The number of nitrogens with zero attached hydrogens (tertiary/aromatic N) is 4. The fourth-order valence-electron chi connectivity index (χ4n) is 1.74. The SMILES string of the molecule is CC(CCCN)Nc1nnnn1-c1ccccc1. The molecule has 0 aliphatic heterocycles. The predicted molar refractivity (Wildman–Crippen MR) is 70.5 cm³/mol. The van der Waals surface area contributed by atoms with Crippen LogP contribution in [0.3, 0.4) is 0 Å². The standard InChI is InChI=1S/C12H18N6/c1-10(6-5-9-13)14-12-15-16-17-18(12)11-7-3-2-4-8-11/h2-4,7-8,10H,5-6,9,13H2,1H3,(H,14,15,17). The van der Waals surface area contributed by atoms with Crippen LogP contribution in [0.25, 0.3) is 5.69 Å². The van der Waals surface area contributed by atoms with Gasteiger partial charge in [0.15, 0.2) is 0 Å². The molecule has 0 radical (unpaired) electrons. The van der Waals surface area contributed by atoms with Gasteiger partial charge in [0, 0.05) is 6.04 Å². The van der Waals surface area contributed by atoms with Crippen molar-refractivity contribution in [1.29, 1.82) is 0 Å². The largest absolute Gasteiger partial charge is 0.350 e. The molecule has 0 spiro atoms. The number of para-hydroxylation sites is 1. The van der Waals surface area contributed by atoms with Gasteiger partial charge in [0.05, 0.1) is 5.69 Å². The van der Waals surface area contributed by atoms with Crippen LogP contribution in [-0.4, -0.2) is 32.8 Å². The summed E-state index contributed by atoms with van der Waals surface area (Å²) in [5, 5.41) is 15.0. The molecule has 1 aromatic carbocycles. The van der Waals surface area contributed by atoms with Gasteiger partial charge in [-0.15, -0.1) is 0 Å². The lowest BCUT2D eigenvalue weighted by molar-refractivity contribution is 0.654. The molecule has 0 saturated carbocycles. The van der Waals surface area contributed by atoms with Gasteiger partial charge in [-0.05, 0) is 48.9 Å². The molecule has 1 atom stereocenters. The first-order valence-electron chi connectivity index (χ1n) is 6.11. The van der Waals surface area contributed by atoms with E-state index >= 15 is 0 Å². The van der Waals surface area contributed by atoms with Crippen molar-refractivity contribution >= 4 is 5.95 Å². The lowest BCUT2D eigenvalue weighted by Crippen LogP contribution is -2.19. The van der Waals surface area contributed by atoms with Crippen molar-refractivity contribution in [3.05, 3.63) is 30.3 Å². The highest BCUT2D eigenvalue weighted by Crippen LogP contribution is 2.12. The summed E-state index contributed by atoms with van der Waals surface area (Å²) in [5.41, 5.74) is 6.44. The summed E-state index contributed by atoms with van der Waals surface area (Å²) in [6.07, 6.45) is 1.99. The van der Waals surface area contributed by atoms with Gasteiger partial charge >= 0.3 is 0 Å². The molecular formula is C12H18N6. The molecule has 6 heteroatoms. The molecular weight excluding hydrogens is 228 g/mol. The average molecular weight is 246 g/mol. The van der Waals surface area contributed by atoms with E-state index in [0.29, 0.717) is 18.5 Å². The van der Waals surface area contributed by atoms with E-state index in [0.717, 1.165) is 18.5 Å². The normalized spacial score (nSPS) is 12.3. The number of nitrogens with one attached hydrogen (secondary N) is 1. The summed E-state index contributed by atoms with van der Waals surface area (Å²) < 4.78 is 1.69. The second-order valence-electron chi connectivity index (χ2n) is 4.23. The van der Waals surface area contributed by atoms with Crippen LogP contribution in [0.5, 0.6) is 0 Å². The Morgan fingerprint density at radius 3 is 2.83 bits per heavy atom. The highest BCUT2D eigenvalue weighted by molar-refractivity contribution is 5.38. The van der Waals surface area contributed by atoms with Crippen molar-refractivity contribution in [1.82, 2.24) is 20.2 Å². The number of nitrogens with two attached hydrogens (primary N) is 1. The van der Waals surface area contributed by atoms with E-state index in [4.69, 9.17) is 5.73 Å². The van der Waals surface area contributed by atoms with Gasteiger partial charge in [-0.3, -0.25) is 0 Å². The van der Waals surface area contributed by atoms with Gasteiger partial charge < -0.3 is 11.1 Å². The minimum absolute atomic E-state index is 0.294. The summed E-state index contributed by atoms with van der Waals surface area (Å²) in [5.74, 6) is 0.658. The average Bonchev–Trinajstić information content (AvgIpc) is 2.85. The Balaban J connectivity index is 2.09. The van der Waals surface area contributed by atoms with Crippen molar-refractivity contribution in [2.75, 3.05) is 11.9 Å². The molecule has 0 bridgehead atoms. The lowest BCUT2D eigenvalue weighted by Gasteiger charge is -2.13. The highest BCUT2D eigenvalue weighted by Gasteiger charge is 2.10. The van der Waals surface area contributed by atoms with Crippen LogP contribution >= 0.6 is 0 Å². The maximum absolute atomic E-state index is 5.50. The molecule has 3 N–H and O–H groups in total. The molecule has 0 aliphatic rings. The van der Waals surface area contributed by atoms with Crippen molar-refractivity contribution in [3.63, 3.8) is 0 Å². The van der Waals surface area contributed by atoms with E-state index in [-0.39, 0.29) is 0 Å². The molecule has 0 amide bonds. The number of hydrogen-bond donors (Lipinski definition) is 2. The Labute approximate surface area is 106 Å². The van der Waals surface area contributed by atoms with Gasteiger partial charge in [0.2, 0.25) is 5.95 Å².